The minimum absolute atomic E-state index is 0.819. The second-order valence-electron chi connectivity index (χ2n) is 5.09. The maximum absolute atomic E-state index is 3.80. The monoisotopic (exact) mass is 167 g/mol. The van der Waals surface area contributed by atoms with Crippen LogP contribution in [0.4, 0.5) is 0 Å². The molecule has 2 rings (SSSR count). The molecule has 0 aliphatic heterocycles. The van der Waals surface area contributed by atoms with Crippen molar-refractivity contribution >= 4 is 0 Å². The molecule has 2 fully saturated rings. The standard InChI is InChI=1S/C11H21N/c1-7(2)11(9-4-5-9)12-10-6-8(10)3/h7-12H,4-6H2,1-3H3. The molecule has 3 unspecified atom stereocenters. The predicted octanol–water partition coefficient (Wildman–Crippen LogP) is 2.42. The van der Waals surface area contributed by atoms with Gasteiger partial charge in [0, 0.05) is 12.1 Å². The van der Waals surface area contributed by atoms with Crippen LogP contribution in [0.2, 0.25) is 0 Å². The average Bonchev–Trinajstić information content (AvgIpc) is 2.80. The summed E-state index contributed by atoms with van der Waals surface area (Å²) in [6.07, 6.45) is 4.35. The van der Waals surface area contributed by atoms with Crippen LogP contribution in [-0.2, 0) is 0 Å². The Hall–Kier alpha value is -0.0400. The van der Waals surface area contributed by atoms with Crippen LogP contribution in [0, 0.1) is 17.8 Å². The summed E-state index contributed by atoms with van der Waals surface area (Å²) >= 11 is 0. The van der Waals surface area contributed by atoms with Gasteiger partial charge in [0.15, 0.2) is 0 Å². The Morgan fingerprint density at radius 2 is 1.83 bits per heavy atom. The van der Waals surface area contributed by atoms with E-state index < -0.39 is 0 Å². The fourth-order valence-corrected chi connectivity index (χ4v) is 2.13. The lowest BCUT2D eigenvalue weighted by molar-refractivity contribution is 0.353. The molecule has 1 heteroatoms. The molecule has 70 valence electrons. The zero-order chi connectivity index (χ0) is 8.72. The Balaban J connectivity index is 1.80. The van der Waals surface area contributed by atoms with Crippen LogP contribution >= 0.6 is 0 Å². The van der Waals surface area contributed by atoms with E-state index >= 15 is 0 Å². The van der Waals surface area contributed by atoms with Gasteiger partial charge in [0.2, 0.25) is 0 Å². The van der Waals surface area contributed by atoms with Crippen molar-refractivity contribution in [2.45, 2.75) is 52.1 Å². The van der Waals surface area contributed by atoms with Gasteiger partial charge in [0.1, 0.15) is 0 Å². The summed E-state index contributed by atoms with van der Waals surface area (Å²) in [5.41, 5.74) is 0. The van der Waals surface area contributed by atoms with Gasteiger partial charge >= 0.3 is 0 Å². The Kier molecular flexibility index (Phi) is 2.16. The molecule has 1 N–H and O–H groups in total. The van der Waals surface area contributed by atoms with Crippen LogP contribution in [0.15, 0.2) is 0 Å². The Labute approximate surface area is 75.9 Å². The van der Waals surface area contributed by atoms with E-state index in [0.29, 0.717) is 0 Å². The van der Waals surface area contributed by atoms with Crippen molar-refractivity contribution in [1.82, 2.24) is 5.32 Å². The van der Waals surface area contributed by atoms with Crippen molar-refractivity contribution < 1.29 is 0 Å². The highest BCUT2D eigenvalue weighted by atomic mass is 15.0. The fourth-order valence-electron chi connectivity index (χ4n) is 2.13. The topological polar surface area (TPSA) is 12.0 Å². The second kappa shape index (κ2) is 3.02. The van der Waals surface area contributed by atoms with Crippen molar-refractivity contribution in [3.8, 4) is 0 Å². The molecule has 3 atom stereocenters. The molecule has 0 spiro atoms. The van der Waals surface area contributed by atoms with Crippen molar-refractivity contribution in [2.24, 2.45) is 17.8 Å². The molecule has 1 nitrogen and oxygen atoms in total. The molecule has 0 amide bonds. The molecule has 0 aromatic heterocycles. The third-order valence-corrected chi connectivity index (χ3v) is 3.36. The lowest BCUT2D eigenvalue weighted by Crippen LogP contribution is -2.37. The summed E-state index contributed by atoms with van der Waals surface area (Å²) in [6.45, 7) is 7.05. The number of hydrogen-bond acceptors (Lipinski definition) is 1. The first-order valence-corrected chi connectivity index (χ1v) is 5.44. The van der Waals surface area contributed by atoms with Gasteiger partial charge in [-0.1, -0.05) is 20.8 Å². The summed E-state index contributed by atoms with van der Waals surface area (Å²) in [4.78, 5) is 0. The maximum atomic E-state index is 3.80. The average molecular weight is 167 g/mol. The summed E-state index contributed by atoms with van der Waals surface area (Å²) < 4.78 is 0. The third kappa shape index (κ3) is 1.82. The largest absolute Gasteiger partial charge is 0.310 e. The van der Waals surface area contributed by atoms with Crippen LogP contribution < -0.4 is 5.32 Å². The van der Waals surface area contributed by atoms with Gasteiger partial charge in [-0.2, -0.15) is 0 Å². The van der Waals surface area contributed by atoms with Gasteiger partial charge in [-0.25, -0.2) is 0 Å². The molecule has 0 aromatic carbocycles. The van der Waals surface area contributed by atoms with Gasteiger partial charge < -0.3 is 5.32 Å². The number of hydrogen-bond donors (Lipinski definition) is 1. The van der Waals surface area contributed by atoms with E-state index in [2.05, 4.69) is 26.1 Å². The molecule has 2 saturated carbocycles. The van der Waals surface area contributed by atoms with E-state index in [1.807, 2.05) is 0 Å². The molecule has 0 radical (unpaired) electrons. The first-order valence-electron chi connectivity index (χ1n) is 5.44. The van der Waals surface area contributed by atoms with Crippen molar-refractivity contribution in [1.29, 1.82) is 0 Å². The highest BCUT2D eigenvalue weighted by Gasteiger charge is 2.39. The summed E-state index contributed by atoms with van der Waals surface area (Å²) in [5, 5.41) is 3.80. The molecule has 0 heterocycles. The maximum Gasteiger partial charge on any atom is 0.0121 e. The highest BCUT2D eigenvalue weighted by Crippen LogP contribution is 2.38. The van der Waals surface area contributed by atoms with E-state index in [1.165, 1.54) is 19.3 Å². The minimum Gasteiger partial charge on any atom is -0.310 e. The SMILES string of the molecule is CC(C)C(NC1CC1C)C1CC1. The van der Waals surface area contributed by atoms with Crippen molar-refractivity contribution in [3.05, 3.63) is 0 Å². The molecule has 12 heavy (non-hydrogen) atoms. The fraction of sp³-hybridized carbons (Fsp3) is 1.00. The zero-order valence-corrected chi connectivity index (χ0v) is 8.51. The Morgan fingerprint density at radius 1 is 1.25 bits per heavy atom. The van der Waals surface area contributed by atoms with Gasteiger partial charge in [-0.15, -0.1) is 0 Å². The molecular weight excluding hydrogens is 146 g/mol. The molecule has 0 bridgehead atoms. The van der Waals surface area contributed by atoms with Gasteiger partial charge in [0.05, 0.1) is 0 Å². The van der Waals surface area contributed by atoms with E-state index in [-0.39, 0.29) is 0 Å². The zero-order valence-electron chi connectivity index (χ0n) is 8.51. The lowest BCUT2D eigenvalue weighted by Gasteiger charge is -2.22. The van der Waals surface area contributed by atoms with Crippen LogP contribution in [0.3, 0.4) is 0 Å². The van der Waals surface area contributed by atoms with Gasteiger partial charge in [-0.05, 0) is 37.0 Å². The lowest BCUT2D eigenvalue weighted by atomic mass is 9.99. The van der Waals surface area contributed by atoms with E-state index in [1.54, 1.807) is 0 Å². The van der Waals surface area contributed by atoms with Gasteiger partial charge in [-0.3, -0.25) is 0 Å². The summed E-state index contributed by atoms with van der Waals surface area (Å²) in [7, 11) is 0. The Morgan fingerprint density at radius 3 is 2.17 bits per heavy atom. The summed E-state index contributed by atoms with van der Waals surface area (Å²) in [5.74, 6) is 2.79. The molecule has 0 aromatic rings. The first kappa shape index (κ1) is 8.55. The molecule has 0 saturated heterocycles. The quantitative estimate of drug-likeness (QED) is 0.678. The minimum atomic E-state index is 0.819. The highest BCUT2D eigenvalue weighted by molar-refractivity contribution is 4.97. The molecule has 2 aliphatic rings. The third-order valence-electron chi connectivity index (χ3n) is 3.36. The Bertz CT molecular complexity index is 158. The normalized spacial score (nSPS) is 37.0. The van der Waals surface area contributed by atoms with Crippen molar-refractivity contribution in [3.63, 3.8) is 0 Å². The second-order valence-corrected chi connectivity index (χ2v) is 5.09. The van der Waals surface area contributed by atoms with Crippen LogP contribution in [0.1, 0.15) is 40.0 Å². The van der Waals surface area contributed by atoms with Gasteiger partial charge in [0.25, 0.3) is 0 Å². The van der Waals surface area contributed by atoms with Crippen LogP contribution in [0.25, 0.3) is 0 Å². The van der Waals surface area contributed by atoms with Crippen LogP contribution in [-0.4, -0.2) is 12.1 Å². The summed E-state index contributed by atoms with van der Waals surface area (Å²) in [6, 6.07) is 1.68. The molecule has 2 aliphatic carbocycles. The van der Waals surface area contributed by atoms with E-state index in [9.17, 15) is 0 Å². The smallest absolute Gasteiger partial charge is 0.0121 e. The first-order chi connectivity index (χ1) is 5.68. The number of rotatable bonds is 4. The van der Waals surface area contributed by atoms with E-state index in [0.717, 1.165) is 29.8 Å². The van der Waals surface area contributed by atoms with E-state index in [4.69, 9.17) is 0 Å². The molecular formula is C11H21N. The van der Waals surface area contributed by atoms with Crippen LogP contribution in [0.5, 0.6) is 0 Å². The van der Waals surface area contributed by atoms with Crippen molar-refractivity contribution in [2.75, 3.05) is 0 Å². The predicted molar refractivity (Wildman–Crippen MR) is 52.1 cm³/mol. The number of nitrogens with one attached hydrogen (secondary N) is 1.